The smallest absolute Gasteiger partial charge is 0.143 e. The molecule has 54 heavy (non-hydrogen) atoms. The lowest BCUT2D eigenvalue weighted by molar-refractivity contribution is 0.658. The van der Waals surface area contributed by atoms with Gasteiger partial charge in [-0.1, -0.05) is 158 Å². The lowest BCUT2D eigenvalue weighted by Crippen LogP contribution is -2.10. The maximum absolute atomic E-state index is 6.84. The molecule has 256 valence electrons. The summed E-state index contributed by atoms with van der Waals surface area (Å²) < 4.78 is 6.84. The van der Waals surface area contributed by atoms with Crippen molar-refractivity contribution in [3.8, 4) is 33.4 Å². The van der Waals surface area contributed by atoms with Gasteiger partial charge in [0.05, 0.1) is 0 Å². The molecule has 0 radical (unpaired) electrons. The van der Waals surface area contributed by atoms with E-state index in [0.29, 0.717) is 5.92 Å². The van der Waals surface area contributed by atoms with Gasteiger partial charge in [0, 0.05) is 44.9 Å². The first kappa shape index (κ1) is 31.8. The SMILES string of the molecule is C1=CCC(c2cccc3c2oc2c(-c4ccc5ccc(N(c6ccccc6)c6cc(-c7ccccc7)cc(-c7ccccc7)c6)cc5c4)cccc23)C=C1. The number of anilines is 3. The highest BCUT2D eigenvalue weighted by Gasteiger charge is 2.20. The molecule has 0 bridgehead atoms. The molecule has 0 saturated heterocycles. The molecule has 2 nitrogen and oxygen atoms in total. The van der Waals surface area contributed by atoms with Crippen LogP contribution in [0.2, 0.25) is 0 Å². The van der Waals surface area contributed by atoms with Crippen molar-refractivity contribution in [2.24, 2.45) is 0 Å². The molecule has 0 spiro atoms. The Balaban J connectivity index is 1.12. The van der Waals surface area contributed by atoms with Crippen LogP contribution in [-0.4, -0.2) is 0 Å². The van der Waals surface area contributed by atoms with Gasteiger partial charge in [0.1, 0.15) is 11.2 Å². The summed E-state index contributed by atoms with van der Waals surface area (Å²) >= 11 is 0. The first-order valence-corrected chi connectivity index (χ1v) is 18.7. The first-order chi connectivity index (χ1) is 26.8. The lowest BCUT2D eigenvalue weighted by atomic mass is 9.91. The summed E-state index contributed by atoms with van der Waals surface area (Å²) in [5, 5.41) is 4.67. The molecule has 1 atom stereocenters. The summed E-state index contributed by atoms with van der Waals surface area (Å²) in [5.74, 6) is 0.312. The van der Waals surface area contributed by atoms with Gasteiger partial charge in [0.2, 0.25) is 0 Å². The van der Waals surface area contributed by atoms with Crippen LogP contribution in [0.15, 0.2) is 211 Å². The monoisotopic (exact) mass is 691 g/mol. The van der Waals surface area contributed by atoms with Crippen LogP contribution in [0.3, 0.4) is 0 Å². The molecule has 8 aromatic carbocycles. The third-order valence-corrected chi connectivity index (χ3v) is 10.7. The van der Waals surface area contributed by atoms with Crippen LogP contribution in [0.5, 0.6) is 0 Å². The van der Waals surface area contributed by atoms with E-state index < -0.39 is 0 Å². The van der Waals surface area contributed by atoms with Gasteiger partial charge in [0.25, 0.3) is 0 Å². The summed E-state index contributed by atoms with van der Waals surface area (Å²) in [7, 11) is 0. The Labute approximate surface area is 315 Å². The van der Waals surface area contributed by atoms with Crippen LogP contribution < -0.4 is 4.90 Å². The Morgan fingerprint density at radius 3 is 1.80 bits per heavy atom. The van der Waals surface area contributed by atoms with Gasteiger partial charge in [-0.3, -0.25) is 0 Å². The summed E-state index contributed by atoms with van der Waals surface area (Å²) in [5.41, 5.74) is 13.4. The average molecular weight is 692 g/mol. The average Bonchev–Trinajstić information content (AvgIpc) is 3.64. The molecule has 0 amide bonds. The molecule has 1 aromatic heterocycles. The van der Waals surface area contributed by atoms with Crippen LogP contribution in [0.25, 0.3) is 66.1 Å². The van der Waals surface area contributed by atoms with Gasteiger partial charge in [-0.15, -0.1) is 0 Å². The van der Waals surface area contributed by atoms with Crippen molar-refractivity contribution in [2.75, 3.05) is 4.90 Å². The van der Waals surface area contributed by atoms with Crippen molar-refractivity contribution in [3.63, 3.8) is 0 Å². The van der Waals surface area contributed by atoms with E-state index in [9.17, 15) is 0 Å². The van der Waals surface area contributed by atoms with Crippen molar-refractivity contribution in [3.05, 3.63) is 212 Å². The van der Waals surface area contributed by atoms with Gasteiger partial charge >= 0.3 is 0 Å². The topological polar surface area (TPSA) is 16.4 Å². The minimum Gasteiger partial charge on any atom is -0.455 e. The lowest BCUT2D eigenvalue weighted by Gasteiger charge is -2.27. The number of hydrogen-bond donors (Lipinski definition) is 0. The number of furan rings is 1. The molecule has 2 heteroatoms. The molecular weight excluding hydrogens is 655 g/mol. The van der Waals surface area contributed by atoms with Crippen molar-refractivity contribution >= 4 is 49.8 Å². The molecular formula is C52H37NO. The zero-order valence-corrected chi connectivity index (χ0v) is 29.8. The van der Waals surface area contributed by atoms with Crippen LogP contribution in [0.1, 0.15) is 17.9 Å². The molecule has 10 rings (SSSR count). The van der Waals surface area contributed by atoms with Gasteiger partial charge < -0.3 is 9.32 Å². The third kappa shape index (κ3) is 5.79. The Bertz CT molecular complexity index is 2790. The van der Waals surface area contributed by atoms with E-state index in [1.165, 1.54) is 44.0 Å². The highest BCUT2D eigenvalue weighted by atomic mass is 16.3. The number of hydrogen-bond acceptors (Lipinski definition) is 2. The molecule has 1 aliphatic rings. The molecule has 9 aromatic rings. The molecule has 0 aliphatic heterocycles. The normalized spacial score (nSPS) is 13.9. The molecule has 0 saturated carbocycles. The van der Waals surface area contributed by atoms with Gasteiger partial charge in [-0.2, -0.15) is 0 Å². The van der Waals surface area contributed by atoms with E-state index in [1.807, 2.05) is 0 Å². The number of nitrogens with zero attached hydrogens (tertiary/aromatic N) is 1. The highest BCUT2D eigenvalue weighted by Crippen LogP contribution is 2.43. The Morgan fingerprint density at radius 1 is 0.426 bits per heavy atom. The third-order valence-electron chi connectivity index (χ3n) is 10.7. The quantitative estimate of drug-likeness (QED) is 0.165. The number of rotatable bonds is 7. The second kappa shape index (κ2) is 13.6. The van der Waals surface area contributed by atoms with Crippen LogP contribution in [-0.2, 0) is 0 Å². The molecule has 1 heterocycles. The number of fused-ring (bicyclic) bond motifs is 4. The summed E-state index contributed by atoms with van der Waals surface area (Å²) in [6, 6.07) is 65.6. The zero-order valence-electron chi connectivity index (χ0n) is 29.8. The second-order valence-corrected chi connectivity index (χ2v) is 14.1. The number of para-hydroxylation sites is 3. The predicted octanol–water partition coefficient (Wildman–Crippen LogP) is 14.8. The molecule has 1 unspecified atom stereocenters. The fraction of sp³-hybridized carbons (Fsp3) is 0.0385. The van der Waals surface area contributed by atoms with Crippen molar-refractivity contribution in [1.29, 1.82) is 0 Å². The summed E-state index contributed by atoms with van der Waals surface area (Å²) in [6.45, 7) is 0. The fourth-order valence-corrected chi connectivity index (χ4v) is 8.07. The van der Waals surface area contributed by atoms with Crippen molar-refractivity contribution in [1.82, 2.24) is 0 Å². The van der Waals surface area contributed by atoms with E-state index in [1.54, 1.807) is 0 Å². The van der Waals surface area contributed by atoms with Gasteiger partial charge in [0.15, 0.2) is 0 Å². The van der Waals surface area contributed by atoms with Crippen molar-refractivity contribution in [2.45, 2.75) is 12.3 Å². The number of benzene rings is 8. The van der Waals surface area contributed by atoms with Crippen LogP contribution in [0.4, 0.5) is 17.1 Å². The summed E-state index contributed by atoms with van der Waals surface area (Å²) in [6.07, 6.45) is 9.77. The van der Waals surface area contributed by atoms with Gasteiger partial charge in [-0.05, 0) is 93.5 Å². The molecule has 0 fully saturated rings. The van der Waals surface area contributed by atoms with E-state index in [-0.39, 0.29) is 0 Å². The Morgan fingerprint density at radius 2 is 1.09 bits per heavy atom. The van der Waals surface area contributed by atoms with Gasteiger partial charge in [-0.25, -0.2) is 0 Å². The standard InChI is InChI=1S/C52H37NO/c1-5-15-36(16-6-1)42-32-43(37-17-7-2-8-18-37)35-46(34-42)53(44-21-11-4-12-22-44)45-30-29-38-27-28-40(31-41(38)33-45)48-24-14-26-50-49-25-13-23-47(51(49)54-52(48)50)39-19-9-3-10-20-39/h1-19,21-35,39H,20H2. The van der Waals surface area contributed by atoms with Crippen LogP contribution >= 0.6 is 0 Å². The zero-order chi connectivity index (χ0) is 35.8. The fourth-order valence-electron chi connectivity index (χ4n) is 8.07. The largest absolute Gasteiger partial charge is 0.455 e. The second-order valence-electron chi connectivity index (χ2n) is 14.1. The molecule has 0 N–H and O–H groups in total. The van der Waals surface area contributed by atoms with Crippen molar-refractivity contribution < 1.29 is 4.42 Å². The van der Waals surface area contributed by atoms with E-state index >= 15 is 0 Å². The predicted molar refractivity (Wildman–Crippen MR) is 228 cm³/mol. The van der Waals surface area contributed by atoms with Crippen LogP contribution in [0, 0.1) is 0 Å². The summed E-state index contributed by atoms with van der Waals surface area (Å²) in [4.78, 5) is 2.38. The Kier molecular flexibility index (Phi) is 8.00. The van der Waals surface area contributed by atoms with E-state index in [2.05, 4.69) is 211 Å². The first-order valence-electron chi connectivity index (χ1n) is 18.7. The molecule has 1 aliphatic carbocycles. The highest BCUT2D eigenvalue weighted by molar-refractivity contribution is 6.11. The van der Waals surface area contributed by atoms with E-state index in [0.717, 1.165) is 51.2 Å². The maximum Gasteiger partial charge on any atom is 0.143 e. The van der Waals surface area contributed by atoms with E-state index in [4.69, 9.17) is 4.42 Å². The minimum atomic E-state index is 0.312. The number of allylic oxidation sites excluding steroid dienone is 4. The minimum absolute atomic E-state index is 0.312. The Hall–Kier alpha value is -6.90. The maximum atomic E-state index is 6.84.